The van der Waals surface area contributed by atoms with Gasteiger partial charge in [0.2, 0.25) is 5.95 Å². The number of carboxylic acid groups (broad SMARTS) is 2. The fourth-order valence-corrected chi connectivity index (χ4v) is 14.2. The Kier molecular flexibility index (Phi) is 62.5. The third-order valence-electron chi connectivity index (χ3n) is 21.2. The molecule has 0 saturated carbocycles. The van der Waals surface area contributed by atoms with Crippen molar-refractivity contribution < 1.29 is 33.6 Å². The Labute approximate surface area is 634 Å². The lowest BCUT2D eigenvalue weighted by molar-refractivity contribution is -0.890. The molecule has 0 aliphatic heterocycles. The van der Waals surface area contributed by atoms with Crippen LogP contribution < -0.4 is 31.9 Å². The minimum Gasteiger partial charge on any atom is -0.550 e. The first-order valence-electron chi connectivity index (χ1n) is 43.6. The van der Waals surface area contributed by atoms with Gasteiger partial charge in [0.05, 0.1) is 84.8 Å². The Morgan fingerprint density at radius 2 is 0.699 bits per heavy atom. The molecule has 0 spiro atoms. The Hall–Kier alpha value is -4.63. The maximum Gasteiger partial charge on any atom is 0.251 e. The number of rotatable bonds is 69. The van der Waals surface area contributed by atoms with Gasteiger partial charge in [-0.1, -0.05) is 336 Å². The summed E-state index contributed by atoms with van der Waals surface area (Å²) in [6.45, 7) is 15.1. The SMILES string of the molecule is CCCCCCCCCCCCCCCC[N+](C)(C)CCCCCCCCCCCCCCCC.CCCCCCCCCCCCCCCC[N+](C)(C)CCCCCCCCCCCCCCCC.CN(Cc1cnc2nc(N)nc(N)c2n1)c1ccc(C(=O)N[C@@H](CCC(=O)[O-])C(=O)[O-])cc1. The number of carboxylic acids is 2. The number of amides is 1. The van der Waals surface area contributed by atoms with Crippen LogP contribution in [0.4, 0.5) is 17.5 Å². The van der Waals surface area contributed by atoms with Gasteiger partial charge in [-0.15, -0.1) is 0 Å². The van der Waals surface area contributed by atoms with Gasteiger partial charge in [-0.05, 0) is 88.5 Å². The zero-order chi connectivity index (χ0) is 75.5. The smallest absolute Gasteiger partial charge is 0.251 e. The summed E-state index contributed by atoms with van der Waals surface area (Å²) >= 11 is 0. The fourth-order valence-electron chi connectivity index (χ4n) is 14.2. The topological polar surface area (TPSA) is 216 Å². The second-order valence-corrected chi connectivity index (χ2v) is 32.3. The number of nitrogens with one attached hydrogen (secondary N) is 1. The summed E-state index contributed by atoms with van der Waals surface area (Å²) in [6.07, 6.45) is 82.6. The number of hydrogen-bond acceptors (Lipinski definition) is 12. The molecule has 15 heteroatoms. The molecule has 2 heterocycles. The van der Waals surface area contributed by atoms with Gasteiger partial charge in [-0.25, -0.2) is 9.97 Å². The summed E-state index contributed by atoms with van der Waals surface area (Å²) in [5.74, 6) is -3.54. The second kappa shape index (κ2) is 66.8. The standard InChI is InChI=1S/2C34H72N.C20H22N8O5/c2*1-5-7-9-11-13-15-17-19-21-23-25-27-29-31-33-35(3,4)34-32-30-28-26-24-22-20-18-16-14-12-10-8-6-2;1-28(9-11-8-23-17-15(24-11)16(21)26-20(22)27-17)12-4-2-10(3-5-12)18(31)25-13(19(32)33)6-7-14(29)30/h2*5-34H2,1-4H3;2-5,8,13H,6-7,9H2,1H3,(H,25,31)(H,29,30)(H,32,33)(H4,21,22,23,26,27)/q2*+1;/p-2/t;;13-/m..0/s1. The third kappa shape index (κ3) is 58.2. The molecule has 1 amide bonds. The van der Waals surface area contributed by atoms with Crippen LogP contribution in [0.3, 0.4) is 0 Å². The number of anilines is 3. The minimum atomic E-state index is -1.58. The predicted octanol–water partition coefficient (Wildman–Crippen LogP) is 21.6. The van der Waals surface area contributed by atoms with E-state index in [1.807, 2.05) is 4.90 Å². The van der Waals surface area contributed by atoms with Crippen molar-refractivity contribution in [3.05, 3.63) is 41.7 Å². The predicted molar refractivity (Wildman–Crippen MR) is 438 cm³/mol. The first kappa shape index (κ1) is 96.4. The highest BCUT2D eigenvalue weighted by molar-refractivity contribution is 5.96. The highest BCUT2D eigenvalue weighted by Crippen LogP contribution is 2.22. The van der Waals surface area contributed by atoms with E-state index in [2.05, 4.69) is 81.1 Å². The molecule has 103 heavy (non-hydrogen) atoms. The summed E-state index contributed by atoms with van der Waals surface area (Å²) in [4.78, 5) is 52.3. The van der Waals surface area contributed by atoms with Crippen molar-refractivity contribution in [3.8, 4) is 0 Å². The van der Waals surface area contributed by atoms with Gasteiger partial charge in [0.25, 0.3) is 5.91 Å². The average molecular weight is 1440 g/mol. The van der Waals surface area contributed by atoms with Gasteiger partial charge in [0.1, 0.15) is 0 Å². The molecule has 3 aromatic rings. The molecule has 596 valence electrons. The maximum absolute atomic E-state index is 12.3. The van der Waals surface area contributed by atoms with Crippen LogP contribution in [0.15, 0.2) is 30.5 Å². The van der Waals surface area contributed by atoms with Gasteiger partial charge in [0.15, 0.2) is 17.0 Å². The number of unbranched alkanes of at least 4 members (excludes halogenated alkanes) is 52. The summed E-state index contributed by atoms with van der Waals surface area (Å²) in [6, 6.07) is 4.89. The molecular weight excluding hydrogens is 1280 g/mol. The molecule has 0 unspecified atom stereocenters. The number of fused-ring (bicyclic) bond motifs is 1. The highest BCUT2D eigenvalue weighted by Gasteiger charge is 2.18. The van der Waals surface area contributed by atoms with E-state index in [0.717, 1.165) is 5.69 Å². The number of quaternary nitrogens is 2. The molecule has 0 bridgehead atoms. The van der Waals surface area contributed by atoms with Crippen LogP contribution in [0.1, 0.15) is 416 Å². The lowest BCUT2D eigenvalue weighted by Gasteiger charge is -2.30. The molecule has 1 aromatic carbocycles. The van der Waals surface area contributed by atoms with E-state index in [9.17, 15) is 24.6 Å². The first-order chi connectivity index (χ1) is 49.9. The van der Waals surface area contributed by atoms with E-state index in [4.69, 9.17) is 11.5 Å². The Morgan fingerprint density at radius 3 is 0.971 bits per heavy atom. The van der Waals surface area contributed by atoms with Gasteiger partial charge in [-0.2, -0.15) is 9.97 Å². The van der Waals surface area contributed by atoms with Crippen molar-refractivity contribution >= 4 is 46.5 Å². The number of aliphatic carboxylic acids is 2. The lowest BCUT2D eigenvalue weighted by Crippen LogP contribution is -2.48. The number of carbonyl (C=O) groups is 3. The van der Waals surface area contributed by atoms with Gasteiger partial charge in [0, 0.05) is 24.3 Å². The van der Waals surface area contributed by atoms with Crippen LogP contribution in [0.2, 0.25) is 0 Å². The molecule has 0 fully saturated rings. The zero-order valence-corrected chi connectivity index (χ0v) is 68.8. The zero-order valence-electron chi connectivity index (χ0n) is 68.8. The molecule has 2 aromatic heterocycles. The van der Waals surface area contributed by atoms with E-state index in [1.165, 1.54) is 407 Å². The van der Waals surface area contributed by atoms with E-state index in [-0.39, 0.29) is 29.4 Å². The summed E-state index contributed by atoms with van der Waals surface area (Å²) < 4.78 is 2.49. The molecule has 0 radical (unpaired) electrons. The van der Waals surface area contributed by atoms with Crippen LogP contribution in [-0.4, -0.2) is 114 Å². The second-order valence-electron chi connectivity index (χ2n) is 32.3. The van der Waals surface area contributed by atoms with Gasteiger partial charge in [-0.3, -0.25) is 4.79 Å². The molecule has 0 aliphatic carbocycles. The van der Waals surface area contributed by atoms with E-state index in [0.29, 0.717) is 17.8 Å². The number of carbonyl (C=O) groups excluding carboxylic acids is 3. The maximum atomic E-state index is 12.3. The molecule has 3 rings (SSSR count). The molecule has 0 aliphatic rings. The summed E-state index contributed by atoms with van der Waals surface area (Å²) in [7, 11) is 11.7. The number of aromatic nitrogens is 4. The van der Waals surface area contributed by atoms with E-state index in [1.54, 1.807) is 25.4 Å². The molecule has 1 atom stereocenters. The van der Waals surface area contributed by atoms with Crippen molar-refractivity contribution in [3.63, 3.8) is 0 Å². The monoisotopic (exact) mass is 1440 g/mol. The van der Waals surface area contributed by atoms with Crippen LogP contribution >= 0.6 is 0 Å². The number of nitrogens with zero attached hydrogens (tertiary/aromatic N) is 7. The molecular formula is C88H164N10O5. The fraction of sp³-hybridized carbons (Fsp3) is 0.830. The van der Waals surface area contributed by atoms with Crippen molar-refractivity contribution in [2.24, 2.45) is 0 Å². The Bertz CT molecular complexity index is 2300. The van der Waals surface area contributed by atoms with Crippen molar-refractivity contribution in [1.29, 1.82) is 0 Å². The highest BCUT2D eigenvalue weighted by atomic mass is 16.4. The number of benzene rings is 1. The van der Waals surface area contributed by atoms with Gasteiger partial charge < -0.3 is 50.5 Å². The number of nitrogen functional groups attached to an aromatic ring is 2. The van der Waals surface area contributed by atoms with Crippen molar-refractivity contribution in [2.75, 3.05) is 77.8 Å². The normalized spacial score (nSPS) is 11.9. The van der Waals surface area contributed by atoms with E-state index < -0.39 is 30.3 Å². The van der Waals surface area contributed by atoms with Crippen LogP contribution in [0, 0.1) is 0 Å². The number of hydrogen-bond donors (Lipinski definition) is 3. The third-order valence-corrected chi connectivity index (χ3v) is 21.2. The first-order valence-corrected chi connectivity index (χ1v) is 43.6. The number of nitrogens with two attached hydrogens (primary N) is 2. The van der Waals surface area contributed by atoms with Crippen LogP contribution in [0.5, 0.6) is 0 Å². The molecule has 15 nitrogen and oxygen atoms in total. The Morgan fingerprint density at radius 1 is 0.417 bits per heavy atom. The quantitative estimate of drug-likeness (QED) is 0.0355. The lowest BCUT2D eigenvalue weighted by atomic mass is 10.0. The minimum absolute atomic E-state index is 0.00753. The average Bonchev–Trinajstić information content (AvgIpc) is 0.810. The Balaban J connectivity index is 0.000000772. The van der Waals surface area contributed by atoms with Crippen LogP contribution in [-0.2, 0) is 16.1 Å². The van der Waals surface area contributed by atoms with Crippen molar-refractivity contribution in [2.45, 2.75) is 413 Å². The molecule has 0 saturated heterocycles. The van der Waals surface area contributed by atoms with Gasteiger partial charge >= 0.3 is 0 Å². The van der Waals surface area contributed by atoms with Crippen LogP contribution in [0.25, 0.3) is 11.2 Å². The van der Waals surface area contributed by atoms with E-state index >= 15 is 0 Å². The summed E-state index contributed by atoms with van der Waals surface area (Å²) in [5.41, 5.74) is 13.6. The van der Waals surface area contributed by atoms with Crippen molar-refractivity contribution in [1.82, 2.24) is 25.3 Å². The summed E-state index contributed by atoms with van der Waals surface area (Å²) in [5, 5.41) is 23.9. The largest absolute Gasteiger partial charge is 0.550 e. The molecule has 5 N–H and O–H groups in total.